The SMILES string of the molecule is CCc1ccc2occ(CC(=O)N3CCc4ccccc4C3)c2c1. The average molecular weight is 319 g/mol. The molecule has 1 aliphatic heterocycles. The molecule has 0 unspecified atom stereocenters. The summed E-state index contributed by atoms with van der Waals surface area (Å²) in [4.78, 5) is 14.7. The summed E-state index contributed by atoms with van der Waals surface area (Å²) in [6.45, 7) is 3.65. The third-order valence-electron chi connectivity index (χ3n) is 4.95. The lowest BCUT2D eigenvalue weighted by Gasteiger charge is -2.28. The lowest BCUT2D eigenvalue weighted by atomic mass is 9.99. The number of hydrogen-bond donors (Lipinski definition) is 0. The zero-order valence-electron chi connectivity index (χ0n) is 13.9. The number of nitrogens with zero attached hydrogens (tertiary/aromatic N) is 1. The van der Waals surface area contributed by atoms with Gasteiger partial charge in [-0.1, -0.05) is 37.3 Å². The van der Waals surface area contributed by atoms with E-state index < -0.39 is 0 Å². The van der Waals surface area contributed by atoms with E-state index in [0.29, 0.717) is 13.0 Å². The predicted octanol–water partition coefficient (Wildman–Crippen LogP) is 4.12. The summed E-state index contributed by atoms with van der Waals surface area (Å²) in [5, 5.41) is 1.07. The molecular formula is C21H21NO2. The highest BCUT2D eigenvalue weighted by Gasteiger charge is 2.21. The Balaban J connectivity index is 1.55. The Hall–Kier alpha value is -2.55. The minimum absolute atomic E-state index is 0.175. The first kappa shape index (κ1) is 15.0. The van der Waals surface area contributed by atoms with E-state index in [-0.39, 0.29) is 5.91 Å². The van der Waals surface area contributed by atoms with Crippen molar-refractivity contribution in [1.29, 1.82) is 0 Å². The van der Waals surface area contributed by atoms with Crippen LogP contribution in [-0.4, -0.2) is 17.4 Å². The molecule has 0 N–H and O–H groups in total. The van der Waals surface area contributed by atoms with Crippen LogP contribution in [0.1, 0.15) is 29.2 Å². The number of carbonyl (C=O) groups is 1. The third-order valence-corrected chi connectivity index (χ3v) is 4.95. The maximum Gasteiger partial charge on any atom is 0.227 e. The van der Waals surface area contributed by atoms with Gasteiger partial charge in [-0.05, 0) is 41.7 Å². The zero-order valence-corrected chi connectivity index (χ0v) is 13.9. The molecule has 4 rings (SSSR count). The van der Waals surface area contributed by atoms with Gasteiger partial charge < -0.3 is 9.32 Å². The number of carbonyl (C=O) groups excluding carboxylic acids is 1. The summed E-state index contributed by atoms with van der Waals surface area (Å²) in [5.41, 5.74) is 5.75. The highest BCUT2D eigenvalue weighted by Crippen LogP contribution is 2.25. The smallest absolute Gasteiger partial charge is 0.227 e. The summed E-state index contributed by atoms with van der Waals surface area (Å²) >= 11 is 0. The first-order valence-electron chi connectivity index (χ1n) is 8.58. The number of aryl methyl sites for hydroxylation is 1. The third kappa shape index (κ3) is 2.71. The van der Waals surface area contributed by atoms with Crippen LogP contribution in [0, 0.1) is 0 Å². The van der Waals surface area contributed by atoms with Crippen LogP contribution >= 0.6 is 0 Å². The van der Waals surface area contributed by atoms with Crippen molar-refractivity contribution in [2.75, 3.05) is 6.54 Å². The topological polar surface area (TPSA) is 33.5 Å². The van der Waals surface area contributed by atoms with Crippen LogP contribution in [0.4, 0.5) is 0 Å². The molecule has 0 spiro atoms. The number of fused-ring (bicyclic) bond motifs is 2. The first-order valence-corrected chi connectivity index (χ1v) is 8.58. The van der Waals surface area contributed by atoms with Gasteiger partial charge in [-0.15, -0.1) is 0 Å². The van der Waals surface area contributed by atoms with Crippen molar-refractivity contribution < 1.29 is 9.21 Å². The molecule has 0 bridgehead atoms. The fraction of sp³-hybridized carbons (Fsp3) is 0.286. The maximum atomic E-state index is 12.8. The largest absolute Gasteiger partial charge is 0.464 e. The predicted molar refractivity (Wildman–Crippen MR) is 94.9 cm³/mol. The van der Waals surface area contributed by atoms with Crippen LogP contribution in [0.5, 0.6) is 0 Å². The second kappa shape index (κ2) is 6.16. The van der Waals surface area contributed by atoms with E-state index in [9.17, 15) is 4.79 Å². The van der Waals surface area contributed by atoms with Crippen molar-refractivity contribution in [3.05, 3.63) is 71.0 Å². The van der Waals surface area contributed by atoms with Gasteiger partial charge in [0.1, 0.15) is 5.58 Å². The van der Waals surface area contributed by atoms with Gasteiger partial charge in [0.2, 0.25) is 5.91 Å². The quantitative estimate of drug-likeness (QED) is 0.727. The lowest BCUT2D eigenvalue weighted by Crippen LogP contribution is -2.36. The molecule has 3 aromatic rings. The van der Waals surface area contributed by atoms with Crippen LogP contribution in [0.25, 0.3) is 11.0 Å². The van der Waals surface area contributed by atoms with Gasteiger partial charge in [-0.2, -0.15) is 0 Å². The van der Waals surface area contributed by atoms with Gasteiger partial charge in [-0.3, -0.25) is 4.79 Å². The molecule has 0 radical (unpaired) electrons. The van der Waals surface area contributed by atoms with Gasteiger partial charge in [0, 0.05) is 24.0 Å². The van der Waals surface area contributed by atoms with E-state index in [0.717, 1.165) is 35.9 Å². The van der Waals surface area contributed by atoms with Gasteiger partial charge >= 0.3 is 0 Å². The van der Waals surface area contributed by atoms with E-state index in [1.54, 1.807) is 6.26 Å². The fourth-order valence-electron chi connectivity index (χ4n) is 3.47. The Morgan fingerprint density at radius 1 is 1.17 bits per heavy atom. The van der Waals surface area contributed by atoms with Crippen LogP contribution in [0.2, 0.25) is 0 Å². The molecule has 0 fully saturated rings. The molecule has 0 aliphatic carbocycles. The molecule has 3 nitrogen and oxygen atoms in total. The van der Waals surface area contributed by atoms with Crippen LogP contribution < -0.4 is 0 Å². The summed E-state index contributed by atoms with van der Waals surface area (Å²) in [7, 11) is 0. The van der Waals surface area contributed by atoms with Gasteiger partial charge in [-0.25, -0.2) is 0 Å². The lowest BCUT2D eigenvalue weighted by molar-refractivity contribution is -0.131. The standard InChI is InChI=1S/C21H21NO2/c1-2-15-7-8-20-19(11-15)18(14-24-20)12-21(23)22-10-9-16-5-3-4-6-17(16)13-22/h3-8,11,14H,2,9-10,12-13H2,1H3. The van der Waals surface area contributed by atoms with E-state index in [2.05, 4.69) is 37.3 Å². The Kier molecular flexibility index (Phi) is 3.85. The van der Waals surface area contributed by atoms with Crippen LogP contribution in [0.3, 0.4) is 0 Å². The summed E-state index contributed by atoms with van der Waals surface area (Å²) in [5.74, 6) is 0.175. The molecule has 122 valence electrons. The Morgan fingerprint density at radius 3 is 2.83 bits per heavy atom. The van der Waals surface area contributed by atoms with E-state index >= 15 is 0 Å². The molecule has 0 saturated heterocycles. The molecule has 0 saturated carbocycles. The molecular weight excluding hydrogens is 298 g/mol. The van der Waals surface area contributed by atoms with Crippen molar-refractivity contribution in [1.82, 2.24) is 4.90 Å². The summed E-state index contributed by atoms with van der Waals surface area (Å²) < 4.78 is 5.62. The molecule has 24 heavy (non-hydrogen) atoms. The van der Waals surface area contributed by atoms with Crippen molar-refractivity contribution in [3.63, 3.8) is 0 Å². The number of benzene rings is 2. The highest BCUT2D eigenvalue weighted by molar-refractivity contribution is 5.88. The van der Waals surface area contributed by atoms with Crippen LogP contribution in [0.15, 0.2) is 53.1 Å². The molecule has 3 heteroatoms. The van der Waals surface area contributed by atoms with Gasteiger partial charge in [0.25, 0.3) is 0 Å². The monoisotopic (exact) mass is 319 g/mol. The minimum atomic E-state index is 0.175. The maximum absolute atomic E-state index is 12.8. The zero-order chi connectivity index (χ0) is 16.5. The minimum Gasteiger partial charge on any atom is -0.464 e. The van der Waals surface area contributed by atoms with Crippen molar-refractivity contribution >= 4 is 16.9 Å². The number of furan rings is 1. The molecule has 0 atom stereocenters. The molecule has 2 aromatic carbocycles. The van der Waals surface area contributed by atoms with E-state index in [1.807, 2.05) is 17.0 Å². The highest BCUT2D eigenvalue weighted by atomic mass is 16.3. The van der Waals surface area contributed by atoms with Crippen molar-refractivity contribution in [2.45, 2.75) is 32.7 Å². The van der Waals surface area contributed by atoms with E-state index in [1.165, 1.54) is 16.7 Å². The molecule has 1 amide bonds. The van der Waals surface area contributed by atoms with Crippen molar-refractivity contribution in [3.8, 4) is 0 Å². The first-order chi connectivity index (χ1) is 11.7. The van der Waals surface area contributed by atoms with Gasteiger partial charge in [0.15, 0.2) is 0 Å². The normalized spacial score (nSPS) is 14.0. The fourth-order valence-corrected chi connectivity index (χ4v) is 3.47. The Morgan fingerprint density at radius 2 is 2.00 bits per heavy atom. The summed E-state index contributed by atoms with van der Waals surface area (Å²) in [6.07, 6.45) is 4.06. The second-order valence-electron chi connectivity index (χ2n) is 6.46. The number of hydrogen-bond acceptors (Lipinski definition) is 2. The average Bonchev–Trinajstić information content (AvgIpc) is 3.03. The van der Waals surface area contributed by atoms with Crippen LogP contribution in [-0.2, 0) is 30.6 Å². The van der Waals surface area contributed by atoms with E-state index in [4.69, 9.17) is 4.42 Å². The molecule has 1 aliphatic rings. The molecule has 1 aromatic heterocycles. The Labute approximate surface area is 141 Å². The van der Waals surface area contributed by atoms with Gasteiger partial charge in [0.05, 0.1) is 12.7 Å². The molecule has 2 heterocycles. The number of rotatable bonds is 3. The van der Waals surface area contributed by atoms with Crippen molar-refractivity contribution in [2.24, 2.45) is 0 Å². The summed E-state index contributed by atoms with van der Waals surface area (Å²) in [6, 6.07) is 14.6. The number of amides is 1. The Bertz CT molecular complexity index is 894. The second-order valence-corrected chi connectivity index (χ2v) is 6.46.